The lowest BCUT2D eigenvalue weighted by atomic mass is 10.1. The average Bonchev–Trinajstić information content (AvgIpc) is 3.07. The summed E-state index contributed by atoms with van der Waals surface area (Å²) in [5, 5.41) is 1.06. The highest BCUT2D eigenvalue weighted by atomic mass is 35.5. The molecule has 1 aliphatic rings. The van der Waals surface area contributed by atoms with Crippen LogP contribution in [0.1, 0.15) is 29.4 Å². The SMILES string of the molecule is CCN1CCN(C(=O)Cn2c(Cc3ccc(Cl)c(Cl)c3)nc3cc(C)c(C)cc32)CC1. The molecule has 1 fully saturated rings. The number of hydrogen-bond acceptors (Lipinski definition) is 3. The molecule has 4 rings (SSSR count). The number of piperazine rings is 1. The Balaban J connectivity index is 1.66. The number of likely N-dealkylation sites (N-methyl/N-ethyl adjacent to an activating group) is 1. The fraction of sp³-hybridized carbons (Fsp3) is 0.417. The van der Waals surface area contributed by atoms with Gasteiger partial charge in [-0.25, -0.2) is 4.98 Å². The van der Waals surface area contributed by atoms with Crippen LogP contribution < -0.4 is 0 Å². The Labute approximate surface area is 193 Å². The zero-order chi connectivity index (χ0) is 22.1. The van der Waals surface area contributed by atoms with Crippen molar-refractivity contribution in [2.45, 2.75) is 33.7 Å². The molecule has 1 amide bonds. The van der Waals surface area contributed by atoms with Gasteiger partial charge in [-0.2, -0.15) is 0 Å². The number of carbonyl (C=O) groups is 1. The third-order valence-electron chi connectivity index (χ3n) is 6.25. The summed E-state index contributed by atoms with van der Waals surface area (Å²) >= 11 is 12.3. The van der Waals surface area contributed by atoms with Gasteiger partial charge in [0.2, 0.25) is 5.91 Å². The molecule has 0 saturated carbocycles. The summed E-state index contributed by atoms with van der Waals surface area (Å²) in [4.78, 5) is 22.4. The summed E-state index contributed by atoms with van der Waals surface area (Å²) in [7, 11) is 0. The molecule has 2 heterocycles. The summed E-state index contributed by atoms with van der Waals surface area (Å²) in [6, 6.07) is 9.87. The number of nitrogens with zero attached hydrogens (tertiary/aromatic N) is 4. The van der Waals surface area contributed by atoms with E-state index in [1.807, 2.05) is 17.0 Å². The third-order valence-corrected chi connectivity index (χ3v) is 6.99. The zero-order valence-electron chi connectivity index (χ0n) is 18.3. The van der Waals surface area contributed by atoms with Crippen LogP contribution in [-0.4, -0.2) is 58.0 Å². The maximum absolute atomic E-state index is 13.2. The number of hydrogen-bond donors (Lipinski definition) is 0. The van der Waals surface area contributed by atoms with E-state index < -0.39 is 0 Å². The normalized spacial score (nSPS) is 15.1. The van der Waals surface area contributed by atoms with Gasteiger partial charge in [0.25, 0.3) is 0 Å². The second-order valence-electron chi connectivity index (χ2n) is 8.28. The highest BCUT2D eigenvalue weighted by molar-refractivity contribution is 6.42. The smallest absolute Gasteiger partial charge is 0.242 e. The Morgan fingerprint density at radius 3 is 2.39 bits per heavy atom. The number of benzene rings is 2. The van der Waals surface area contributed by atoms with Gasteiger partial charge in [0.15, 0.2) is 0 Å². The van der Waals surface area contributed by atoms with Crippen LogP contribution in [0.15, 0.2) is 30.3 Å². The summed E-state index contributed by atoms with van der Waals surface area (Å²) in [5.74, 6) is 1.00. The molecular weight excluding hydrogens is 431 g/mol. The molecule has 0 unspecified atom stereocenters. The summed E-state index contributed by atoms with van der Waals surface area (Å²) in [5.41, 5.74) is 5.32. The first-order chi connectivity index (χ1) is 14.9. The molecule has 0 radical (unpaired) electrons. The van der Waals surface area contributed by atoms with Crippen molar-refractivity contribution in [2.24, 2.45) is 0 Å². The minimum absolute atomic E-state index is 0.142. The van der Waals surface area contributed by atoms with Gasteiger partial charge in [-0.15, -0.1) is 0 Å². The molecule has 0 aliphatic carbocycles. The number of imidazole rings is 1. The summed E-state index contributed by atoms with van der Waals surface area (Å²) in [6.07, 6.45) is 0.584. The Hall–Kier alpha value is -2.08. The second-order valence-corrected chi connectivity index (χ2v) is 9.09. The lowest BCUT2D eigenvalue weighted by Gasteiger charge is -2.34. The molecular formula is C24H28Cl2N4O. The van der Waals surface area contributed by atoms with E-state index in [0.29, 0.717) is 23.0 Å². The predicted molar refractivity (Wildman–Crippen MR) is 127 cm³/mol. The molecule has 7 heteroatoms. The van der Waals surface area contributed by atoms with Gasteiger partial charge in [-0.3, -0.25) is 4.79 Å². The Morgan fingerprint density at radius 2 is 1.71 bits per heavy atom. The van der Waals surface area contributed by atoms with Crippen molar-refractivity contribution in [3.8, 4) is 0 Å². The fourth-order valence-corrected chi connectivity index (χ4v) is 4.44. The quantitative estimate of drug-likeness (QED) is 0.555. The lowest BCUT2D eigenvalue weighted by Crippen LogP contribution is -2.49. The van der Waals surface area contributed by atoms with Crippen LogP contribution in [0.4, 0.5) is 0 Å². The molecule has 1 aliphatic heterocycles. The van der Waals surface area contributed by atoms with Crippen LogP contribution in [0.5, 0.6) is 0 Å². The number of fused-ring (bicyclic) bond motifs is 1. The molecule has 5 nitrogen and oxygen atoms in total. The standard InChI is InChI=1S/C24H28Cl2N4O/c1-4-28-7-9-29(10-8-28)24(31)15-30-22-12-17(3)16(2)11-21(22)27-23(30)14-18-5-6-19(25)20(26)13-18/h5-6,11-13H,4,7-10,14-15H2,1-3H3. The Kier molecular flexibility index (Phi) is 6.56. The van der Waals surface area contributed by atoms with Gasteiger partial charge in [0.1, 0.15) is 12.4 Å². The third kappa shape index (κ3) is 4.74. The molecule has 0 spiro atoms. The van der Waals surface area contributed by atoms with Crippen LogP contribution >= 0.6 is 23.2 Å². The van der Waals surface area contributed by atoms with E-state index in [1.165, 1.54) is 11.1 Å². The Bertz CT molecular complexity index is 1120. The van der Waals surface area contributed by atoms with Crippen molar-refractivity contribution in [1.82, 2.24) is 19.4 Å². The minimum atomic E-state index is 0.142. The first kappa shape index (κ1) is 22.1. The van der Waals surface area contributed by atoms with Crippen LogP contribution in [0.25, 0.3) is 11.0 Å². The van der Waals surface area contributed by atoms with E-state index in [-0.39, 0.29) is 5.91 Å². The van der Waals surface area contributed by atoms with E-state index in [1.54, 1.807) is 6.07 Å². The van der Waals surface area contributed by atoms with E-state index >= 15 is 0 Å². The van der Waals surface area contributed by atoms with E-state index in [0.717, 1.165) is 55.1 Å². The average molecular weight is 459 g/mol. The van der Waals surface area contributed by atoms with E-state index in [4.69, 9.17) is 28.2 Å². The topological polar surface area (TPSA) is 41.4 Å². The molecule has 0 atom stereocenters. The van der Waals surface area contributed by atoms with Crippen molar-refractivity contribution >= 4 is 40.1 Å². The van der Waals surface area contributed by atoms with Crippen LogP contribution in [0.3, 0.4) is 0 Å². The molecule has 2 aromatic carbocycles. The van der Waals surface area contributed by atoms with Crippen molar-refractivity contribution in [3.63, 3.8) is 0 Å². The largest absolute Gasteiger partial charge is 0.339 e. The highest BCUT2D eigenvalue weighted by Gasteiger charge is 2.22. The van der Waals surface area contributed by atoms with Crippen molar-refractivity contribution in [3.05, 3.63) is 62.9 Å². The number of halogens is 2. The molecule has 164 valence electrons. The van der Waals surface area contributed by atoms with Gasteiger partial charge in [-0.1, -0.05) is 36.2 Å². The molecule has 0 N–H and O–H groups in total. The van der Waals surface area contributed by atoms with Gasteiger partial charge >= 0.3 is 0 Å². The van der Waals surface area contributed by atoms with E-state index in [9.17, 15) is 4.79 Å². The number of aromatic nitrogens is 2. The first-order valence-electron chi connectivity index (χ1n) is 10.8. The Morgan fingerprint density at radius 1 is 1.00 bits per heavy atom. The monoisotopic (exact) mass is 458 g/mol. The number of aryl methyl sites for hydroxylation is 2. The van der Waals surface area contributed by atoms with Gasteiger partial charge in [-0.05, 0) is 61.3 Å². The summed E-state index contributed by atoms with van der Waals surface area (Å²) < 4.78 is 2.07. The van der Waals surface area contributed by atoms with Crippen LogP contribution in [0.2, 0.25) is 10.0 Å². The molecule has 0 bridgehead atoms. The van der Waals surface area contributed by atoms with Crippen LogP contribution in [-0.2, 0) is 17.8 Å². The van der Waals surface area contributed by atoms with Crippen molar-refractivity contribution in [1.29, 1.82) is 0 Å². The first-order valence-corrected chi connectivity index (χ1v) is 11.5. The lowest BCUT2D eigenvalue weighted by molar-refractivity contribution is -0.133. The fourth-order valence-electron chi connectivity index (χ4n) is 4.12. The highest BCUT2D eigenvalue weighted by Crippen LogP contribution is 2.26. The second kappa shape index (κ2) is 9.19. The number of amides is 1. The summed E-state index contributed by atoms with van der Waals surface area (Å²) in [6.45, 7) is 11.1. The number of rotatable bonds is 5. The van der Waals surface area contributed by atoms with Crippen molar-refractivity contribution in [2.75, 3.05) is 32.7 Å². The number of carbonyl (C=O) groups excluding carboxylic acids is 1. The molecule has 3 aromatic rings. The molecule has 31 heavy (non-hydrogen) atoms. The predicted octanol–water partition coefficient (Wildman–Crippen LogP) is 4.71. The van der Waals surface area contributed by atoms with Gasteiger partial charge < -0.3 is 14.4 Å². The zero-order valence-corrected chi connectivity index (χ0v) is 19.8. The maximum Gasteiger partial charge on any atom is 0.242 e. The minimum Gasteiger partial charge on any atom is -0.339 e. The maximum atomic E-state index is 13.2. The molecule has 1 saturated heterocycles. The van der Waals surface area contributed by atoms with E-state index in [2.05, 4.69) is 42.4 Å². The van der Waals surface area contributed by atoms with Crippen molar-refractivity contribution < 1.29 is 4.79 Å². The molecule has 1 aromatic heterocycles. The van der Waals surface area contributed by atoms with Gasteiger partial charge in [0.05, 0.1) is 21.1 Å². The van der Waals surface area contributed by atoms with Crippen LogP contribution in [0, 0.1) is 13.8 Å². The van der Waals surface area contributed by atoms with Gasteiger partial charge in [0, 0.05) is 32.6 Å².